The zero-order chi connectivity index (χ0) is 16.4. The first-order valence-electron chi connectivity index (χ1n) is 7.85. The van der Waals surface area contributed by atoms with Gasteiger partial charge in [0.05, 0.1) is 5.56 Å². The second kappa shape index (κ2) is 6.36. The Hall–Kier alpha value is -2.44. The highest BCUT2D eigenvalue weighted by Crippen LogP contribution is 2.21. The fourth-order valence-electron chi connectivity index (χ4n) is 2.72. The van der Waals surface area contributed by atoms with Crippen LogP contribution in [0.25, 0.3) is 11.5 Å². The number of aromatic nitrogens is 3. The zero-order valence-electron chi connectivity index (χ0n) is 13.6. The van der Waals surface area contributed by atoms with Crippen LogP contribution in [-0.2, 0) is 4.79 Å². The molecule has 1 aliphatic rings. The van der Waals surface area contributed by atoms with Crippen LogP contribution >= 0.6 is 0 Å². The summed E-state index contributed by atoms with van der Waals surface area (Å²) in [6.07, 6.45) is 3.23. The van der Waals surface area contributed by atoms with Crippen molar-refractivity contribution in [2.75, 3.05) is 11.4 Å². The van der Waals surface area contributed by atoms with Crippen molar-refractivity contribution < 1.29 is 9.32 Å². The zero-order valence-corrected chi connectivity index (χ0v) is 13.6. The number of rotatable bonds is 5. The number of pyridine rings is 1. The van der Waals surface area contributed by atoms with E-state index in [1.165, 1.54) is 0 Å². The Morgan fingerprint density at radius 2 is 2.26 bits per heavy atom. The van der Waals surface area contributed by atoms with Gasteiger partial charge in [-0.05, 0) is 39.3 Å². The Morgan fingerprint density at radius 3 is 2.78 bits per heavy atom. The van der Waals surface area contributed by atoms with E-state index in [-0.39, 0.29) is 18.0 Å². The number of carbonyl (C=O) groups excluding carboxylic acids is 1. The average Bonchev–Trinajstić information content (AvgIpc) is 3.13. The van der Waals surface area contributed by atoms with Gasteiger partial charge in [0.15, 0.2) is 5.82 Å². The molecule has 0 saturated carbocycles. The monoisotopic (exact) mass is 315 g/mol. The number of carbonyl (C=O) groups is 1. The van der Waals surface area contributed by atoms with E-state index in [9.17, 15) is 4.79 Å². The Morgan fingerprint density at radius 1 is 1.43 bits per heavy atom. The topological polar surface area (TPSA) is 84.2 Å². The number of hydrogen-bond donors (Lipinski definition) is 1. The molecule has 3 rings (SSSR count). The van der Waals surface area contributed by atoms with Gasteiger partial charge in [0.2, 0.25) is 5.91 Å². The maximum absolute atomic E-state index is 11.4. The molecule has 1 atom stereocenters. The SMILES string of the molecule is Cc1noc(-c2ccc(N(C[C@H]3CCC(=O)N3)C(C)C)nc2)n1. The van der Waals surface area contributed by atoms with Gasteiger partial charge in [-0.15, -0.1) is 0 Å². The highest BCUT2D eigenvalue weighted by molar-refractivity contribution is 5.78. The van der Waals surface area contributed by atoms with E-state index in [1.807, 2.05) is 12.1 Å². The van der Waals surface area contributed by atoms with Crippen molar-refractivity contribution in [3.63, 3.8) is 0 Å². The molecule has 122 valence electrons. The van der Waals surface area contributed by atoms with Crippen LogP contribution in [0.4, 0.5) is 5.82 Å². The molecular weight excluding hydrogens is 294 g/mol. The third-order valence-corrected chi connectivity index (χ3v) is 3.94. The number of hydrogen-bond acceptors (Lipinski definition) is 6. The first-order chi connectivity index (χ1) is 11.0. The molecule has 0 aromatic carbocycles. The molecule has 3 heterocycles. The standard InChI is InChI=1S/C16H21N5O2/c1-10(2)21(9-13-5-7-15(22)19-13)14-6-4-12(8-17-14)16-18-11(3)20-23-16/h4,6,8,10,13H,5,7,9H2,1-3H3,(H,19,22)/t13-/m1/s1. The van der Waals surface area contributed by atoms with Crippen molar-refractivity contribution in [2.45, 2.75) is 45.7 Å². The number of aryl methyl sites for hydroxylation is 1. The first kappa shape index (κ1) is 15.5. The van der Waals surface area contributed by atoms with Gasteiger partial charge in [0.1, 0.15) is 5.82 Å². The lowest BCUT2D eigenvalue weighted by molar-refractivity contribution is -0.119. The van der Waals surface area contributed by atoms with Crippen LogP contribution in [0.1, 0.15) is 32.5 Å². The molecule has 1 amide bonds. The fourth-order valence-corrected chi connectivity index (χ4v) is 2.72. The second-order valence-electron chi connectivity index (χ2n) is 6.10. The molecule has 0 aliphatic carbocycles. The summed E-state index contributed by atoms with van der Waals surface area (Å²) in [5.74, 6) is 2.08. The molecule has 7 heteroatoms. The minimum Gasteiger partial charge on any atom is -0.352 e. The highest BCUT2D eigenvalue weighted by Gasteiger charge is 2.25. The molecule has 2 aromatic rings. The van der Waals surface area contributed by atoms with Gasteiger partial charge in [-0.2, -0.15) is 4.98 Å². The van der Waals surface area contributed by atoms with Crippen LogP contribution in [0.3, 0.4) is 0 Å². The maximum Gasteiger partial charge on any atom is 0.259 e. The Balaban J connectivity index is 1.76. The van der Waals surface area contributed by atoms with Crippen LogP contribution < -0.4 is 10.2 Å². The normalized spacial score (nSPS) is 17.6. The summed E-state index contributed by atoms with van der Waals surface area (Å²) in [6, 6.07) is 4.35. The summed E-state index contributed by atoms with van der Waals surface area (Å²) in [5, 5.41) is 6.80. The van der Waals surface area contributed by atoms with Gasteiger partial charge < -0.3 is 14.7 Å². The van der Waals surface area contributed by atoms with Crippen LogP contribution in [0, 0.1) is 6.92 Å². The minimum atomic E-state index is 0.133. The molecular formula is C16H21N5O2. The molecule has 0 spiro atoms. The van der Waals surface area contributed by atoms with E-state index in [4.69, 9.17) is 4.52 Å². The smallest absolute Gasteiger partial charge is 0.259 e. The van der Waals surface area contributed by atoms with Crippen molar-refractivity contribution in [3.8, 4) is 11.5 Å². The van der Waals surface area contributed by atoms with Crippen molar-refractivity contribution in [3.05, 3.63) is 24.2 Å². The summed E-state index contributed by atoms with van der Waals surface area (Å²) in [6.45, 7) is 6.78. The largest absolute Gasteiger partial charge is 0.352 e. The third kappa shape index (κ3) is 3.49. The van der Waals surface area contributed by atoms with E-state index in [0.29, 0.717) is 18.1 Å². The molecule has 1 N–H and O–H groups in total. The molecule has 23 heavy (non-hydrogen) atoms. The maximum atomic E-state index is 11.4. The van der Waals surface area contributed by atoms with Crippen molar-refractivity contribution in [2.24, 2.45) is 0 Å². The van der Waals surface area contributed by atoms with Crippen LogP contribution in [0.15, 0.2) is 22.9 Å². The molecule has 0 unspecified atom stereocenters. The third-order valence-electron chi connectivity index (χ3n) is 3.94. The lowest BCUT2D eigenvalue weighted by Gasteiger charge is -2.30. The van der Waals surface area contributed by atoms with E-state index < -0.39 is 0 Å². The Bertz CT molecular complexity index is 680. The van der Waals surface area contributed by atoms with Gasteiger partial charge in [-0.1, -0.05) is 5.16 Å². The Labute approximate surface area is 135 Å². The number of nitrogens with zero attached hydrogens (tertiary/aromatic N) is 4. The van der Waals surface area contributed by atoms with Gasteiger partial charge in [0.25, 0.3) is 5.89 Å². The molecule has 7 nitrogen and oxygen atoms in total. The van der Waals surface area contributed by atoms with E-state index in [0.717, 1.165) is 24.3 Å². The number of nitrogens with one attached hydrogen (secondary N) is 1. The van der Waals surface area contributed by atoms with Gasteiger partial charge in [-0.3, -0.25) is 4.79 Å². The van der Waals surface area contributed by atoms with Gasteiger partial charge in [0, 0.05) is 31.2 Å². The predicted molar refractivity (Wildman–Crippen MR) is 85.9 cm³/mol. The van der Waals surface area contributed by atoms with E-state index in [2.05, 4.69) is 39.2 Å². The predicted octanol–water partition coefficient (Wildman–Crippen LogP) is 1.93. The van der Waals surface area contributed by atoms with Crippen molar-refractivity contribution in [1.29, 1.82) is 0 Å². The molecule has 1 fully saturated rings. The van der Waals surface area contributed by atoms with E-state index in [1.54, 1.807) is 13.1 Å². The summed E-state index contributed by atoms with van der Waals surface area (Å²) >= 11 is 0. The van der Waals surface area contributed by atoms with Gasteiger partial charge >= 0.3 is 0 Å². The molecule has 1 saturated heterocycles. The minimum absolute atomic E-state index is 0.133. The summed E-state index contributed by atoms with van der Waals surface area (Å²) in [4.78, 5) is 22.3. The van der Waals surface area contributed by atoms with Gasteiger partial charge in [-0.25, -0.2) is 4.98 Å². The van der Waals surface area contributed by atoms with Crippen molar-refractivity contribution >= 4 is 11.7 Å². The number of amides is 1. The summed E-state index contributed by atoms with van der Waals surface area (Å²) < 4.78 is 5.16. The molecule has 0 radical (unpaired) electrons. The summed E-state index contributed by atoms with van der Waals surface area (Å²) in [5.41, 5.74) is 0.798. The Kier molecular flexibility index (Phi) is 4.27. The first-order valence-corrected chi connectivity index (χ1v) is 7.85. The van der Waals surface area contributed by atoms with Crippen molar-refractivity contribution in [1.82, 2.24) is 20.4 Å². The fraction of sp³-hybridized carbons (Fsp3) is 0.500. The molecule has 1 aliphatic heterocycles. The lowest BCUT2D eigenvalue weighted by Crippen LogP contribution is -2.42. The highest BCUT2D eigenvalue weighted by atomic mass is 16.5. The van der Waals surface area contributed by atoms with Crippen LogP contribution in [0.2, 0.25) is 0 Å². The van der Waals surface area contributed by atoms with Crippen LogP contribution in [0.5, 0.6) is 0 Å². The number of anilines is 1. The lowest BCUT2D eigenvalue weighted by atomic mass is 10.2. The summed E-state index contributed by atoms with van der Waals surface area (Å²) in [7, 11) is 0. The van der Waals surface area contributed by atoms with E-state index >= 15 is 0 Å². The average molecular weight is 315 g/mol. The molecule has 2 aromatic heterocycles. The quantitative estimate of drug-likeness (QED) is 0.907. The second-order valence-corrected chi connectivity index (χ2v) is 6.10. The van der Waals surface area contributed by atoms with Crippen LogP contribution in [-0.4, -0.2) is 39.7 Å². The molecule has 0 bridgehead atoms.